The van der Waals surface area contributed by atoms with Gasteiger partial charge in [0.1, 0.15) is 10.5 Å². The van der Waals surface area contributed by atoms with Crippen molar-refractivity contribution in [1.82, 2.24) is 9.97 Å². The number of hydrogen-bond acceptors (Lipinski definition) is 3. The zero-order valence-electron chi connectivity index (χ0n) is 8.87. The minimum absolute atomic E-state index is 0.735. The van der Waals surface area contributed by atoms with Crippen molar-refractivity contribution in [3.63, 3.8) is 0 Å². The lowest BCUT2D eigenvalue weighted by atomic mass is 10.2. The Kier molecular flexibility index (Phi) is 3.06. The van der Waals surface area contributed by atoms with Gasteiger partial charge in [0, 0.05) is 32.8 Å². The summed E-state index contributed by atoms with van der Waals surface area (Å²) in [4.78, 5) is 7.87. The first-order valence-electron chi connectivity index (χ1n) is 5.20. The highest BCUT2D eigenvalue weighted by atomic mass is 79.9. The van der Waals surface area contributed by atoms with Gasteiger partial charge in [-0.15, -0.1) is 0 Å². The molecule has 17 heavy (non-hydrogen) atoms. The number of nitrogens with zero attached hydrogens (tertiary/aromatic N) is 1. The number of halogens is 1. The second kappa shape index (κ2) is 4.55. The molecule has 1 aliphatic heterocycles. The highest BCUT2D eigenvalue weighted by molar-refractivity contribution is 9.10. The molecule has 86 valence electrons. The molecule has 0 bridgehead atoms. The maximum Gasteiger partial charge on any atom is 0.139 e. The van der Waals surface area contributed by atoms with Crippen molar-refractivity contribution < 1.29 is 0 Å². The van der Waals surface area contributed by atoms with Crippen molar-refractivity contribution in [2.75, 3.05) is 0 Å². The Hall–Kier alpha value is -0.650. The Morgan fingerprint density at radius 1 is 1.35 bits per heavy atom. The topological polar surface area (TPSA) is 28.7 Å². The Labute approximate surface area is 117 Å². The molecule has 0 saturated carbocycles. The van der Waals surface area contributed by atoms with Crippen LogP contribution in [0.3, 0.4) is 0 Å². The molecule has 2 aromatic rings. The summed E-state index contributed by atoms with van der Waals surface area (Å²) < 4.78 is 1.78. The third-order valence-electron chi connectivity index (χ3n) is 2.70. The lowest BCUT2D eigenvalue weighted by Gasteiger charge is -2.05. The summed E-state index contributed by atoms with van der Waals surface area (Å²) in [5.74, 6) is 2.84. The number of aromatic amines is 1. The van der Waals surface area contributed by atoms with Crippen molar-refractivity contribution in [3.8, 4) is 11.4 Å². The third-order valence-corrected chi connectivity index (χ3v) is 4.51. The maximum atomic E-state index is 5.34. The number of H-pyrrole nitrogens is 1. The van der Waals surface area contributed by atoms with E-state index < -0.39 is 0 Å². The van der Waals surface area contributed by atoms with E-state index in [0.717, 1.165) is 32.0 Å². The van der Waals surface area contributed by atoms with Crippen LogP contribution in [-0.4, -0.2) is 9.97 Å². The van der Waals surface area contributed by atoms with Gasteiger partial charge in [-0.1, -0.05) is 40.3 Å². The molecular weight excluding hydrogens is 316 g/mol. The van der Waals surface area contributed by atoms with Crippen molar-refractivity contribution in [1.29, 1.82) is 0 Å². The zero-order valence-corrected chi connectivity index (χ0v) is 12.1. The van der Waals surface area contributed by atoms with E-state index in [1.807, 2.05) is 36.0 Å². The van der Waals surface area contributed by atoms with Crippen molar-refractivity contribution in [2.45, 2.75) is 11.5 Å². The van der Waals surface area contributed by atoms with Gasteiger partial charge in [0.25, 0.3) is 0 Å². The van der Waals surface area contributed by atoms with Gasteiger partial charge in [-0.2, -0.15) is 11.8 Å². The highest BCUT2D eigenvalue weighted by Gasteiger charge is 2.15. The van der Waals surface area contributed by atoms with Crippen molar-refractivity contribution in [2.24, 2.45) is 0 Å². The number of hydrogen-bond donors (Lipinski definition) is 1. The molecule has 0 amide bonds. The van der Waals surface area contributed by atoms with Gasteiger partial charge in [0.2, 0.25) is 0 Å². The van der Waals surface area contributed by atoms with Crippen LogP contribution in [0.5, 0.6) is 0 Å². The molecule has 0 spiro atoms. The molecular formula is C12H9BrN2S2. The molecule has 0 saturated heterocycles. The molecule has 5 heteroatoms. The Morgan fingerprint density at radius 2 is 2.24 bits per heavy atom. The van der Waals surface area contributed by atoms with Gasteiger partial charge in [-0.3, -0.25) is 0 Å². The molecule has 0 unspecified atom stereocenters. The quantitative estimate of drug-likeness (QED) is 0.792. The largest absolute Gasteiger partial charge is 0.342 e. The average Bonchev–Trinajstić information content (AvgIpc) is 2.77. The molecule has 2 nitrogen and oxygen atoms in total. The molecule has 0 atom stereocenters. The maximum absolute atomic E-state index is 5.34. The fraction of sp³-hybridized carbons (Fsp3) is 0.167. The van der Waals surface area contributed by atoms with Crippen LogP contribution in [0, 0.1) is 4.64 Å². The molecule has 0 aliphatic carbocycles. The predicted octanol–water partition coefficient (Wildman–Crippen LogP) is 4.32. The fourth-order valence-electron chi connectivity index (χ4n) is 1.84. The van der Waals surface area contributed by atoms with Crippen LogP contribution in [0.25, 0.3) is 11.4 Å². The van der Waals surface area contributed by atoms with Crippen molar-refractivity contribution >= 4 is 39.9 Å². The second-order valence-electron chi connectivity index (χ2n) is 3.85. The molecule has 1 aromatic carbocycles. The minimum atomic E-state index is 0.735. The summed E-state index contributed by atoms with van der Waals surface area (Å²) in [7, 11) is 0. The number of thioether (sulfide) groups is 1. The lowest BCUT2D eigenvalue weighted by Crippen LogP contribution is -1.97. The normalized spacial score (nSPS) is 13.7. The summed E-state index contributed by atoms with van der Waals surface area (Å²) >= 11 is 10.7. The molecule has 1 N–H and O–H groups in total. The van der Waals surface area contributed by atoms with E-state index in [1.54, 1.807) is 0 Å². The van der Waals surface area contributed by atoms with Gasteiger partial charge in [0.05, 0.1) is 0 Å². The van der Waals surface area contributed by atoms with Crippen LogP contribution in [0.4, 0.5) is 0 Å². The monoisotopic (exact) mass is 324 g/mol. The SMILES string of the molecule is S=c1nc(-c2cccc(Br)c2)[nH]c2c1CSC2. The first-order valence-corrected chi connectivity index (χ1v) is 7.55. The summed E-state index contributed by atoms with van der Waals surface area (Å²) in [5.41, 5.74) is 3.49. The molecule has 1 aliphatic rings. The lowest BCUT2D eigenvalue weighted by molar-refractivity contribution is 1.06. The van der Waals surface area contributed by atoms with E-state index in [4.69, 9.17) is 12.2 Å². The molecule has 0 radical (unpaired) electrons. The van der Waals surface area contributed by atoms with E-state index in [2.05, 4.69) is 25.9 Å². The minimum Gasteiger partial charge on any atom is -0.342 e. The average molecular weight is 325 g/mol. The molecule has 1 aromatic heterocycles. The summed E-state index contributed by atoms with van der Waals surface area (Å²) in [6.45, 7) is 0. The van der Waals surface area contributed by atoms with Gasteiger partial charge >= 0.3 is 0 Å². The third kappa shape index (κ3) is 2.19. The van der Waals surface area contributed by atoms with E-state index in [1.165, 1.54) is 11.3 Å². The van der Waals surface area contributed by atoms with Crippen LogP contribution >= 0.6 is 39.9 Å². The van der Waals surface area contributed by atoms with E-state index in [9.17, 15) is 0 Å². The second-order valence-corrected chi connectivity index (χ2v) is 6.14. The van der Waals surface area contributed by atoms with E-state index >= 15 is 0 Å². The number of nitrogens with one attached hydrogen (secondary N) is 1. The standard InChI is InChI=1S/C12H9BrN2S2/c13-8-3-1-2-7(4-8)11-14-10-6-17-5-9(10)12(16)15-11/h1-4H,5-6H2,(H,14,15,16). The Balaban J connectivity index is 2.16. The number of fused-ring (bicyclic) bond motifs is 1. The van der Waals surface area contributed by atoms with Crippen LogP contribution in [0.15, 0.2) is 28.7 Å². The van der Waals surface area contributed by atoms with E-state index in [0.29, 0.717) is 0 Å². The first kappa shape index (κ1) is 11.4. The van der Waals surface area contributed by atoms with Gasteiger partial charge in [-0.05, 0) is 12.1 Å². The Bertz CT molecular complexity index is 637. The molecule has 2 heterocycles. The zero-order chi connectivity index (χ0) is 11.8. The Morgan fingerprint density at radius 3 is 3.06 bits per heavy atom. The summed E-state index contributed by atoms with van der Waals surface area (Å²) in [5, 5.41) is 0. The van der Waals surface area contributed by atoms with Crippen LogP contribution in [0.2, 0.25) is 0 Å². The van der Waals surface area contributed by atoms with Crippen molar-refractivity contribution in [3.05, 3.63) is 44.6 Å². The number of benzene rings is 1. The number of aromatic nitrogens is 2. The molecule has 3 rings (SSSR count). The van der Waals surface area contributed by atoms with Crippen LogP contribution in [-0.2, 0) is 11.5 Å². The highest BCUT2D eigenvalue weighted by Crippen LogP contribution is 2.30. The number of rotatable bonds is 1. The van der Waals surface area contributed by atoms with Crippen LogP contribution in [0.1, 0.15) is 11.3 Å². The summed E-state index contributed by atoms with van der Waals surface area (Å²) in [6.07, 6.45) is 0. The summed E-state index contributed by atoms with van der Waals surface area (Å²) in [6, 6.07) is 8.08. The predicted molar refractivity (Wildman–Crippen MR) is 77.6 cm³/mol. The first-order chi connectivity index (χ1) is 8.24. The van der Waals surface area contributed by atoms with Crippen LogP contribution < -0.4 is 0 Å². The van der Waals surface area contributed by atoms with Gasteiger partial charge < -0.3 is 4.98 Å². The fourth-order valence-corrected chi connectivity index (χ4v) is 3.69. The smallest absolute Gasteiger partial charge is 0.139 e. The van der Waals surface area contributed by atoms with Gasteiger partial charge in [-0.25, -0.2) is 4.98 Å². The molecule has 0 fully saturated rings. The van der Waals surface area contributed by atoms with Gasteiger partial charge in [0.15, 0.2) is 0 Å². The van der Waals surface area contributed by atoms with E-state index in [-0.39, 0.29) is 0 Å².